The number of benzene rings is 2. The average molecular weight is 405 g/mol. The molecule has 6 nitrogen and oxygen atoms in total. The summed E-state index contributed by atoms with van der Waals surface area (Å²) in [6.07, 6.45) is 4.60. The normalized spacial score (nSPS) is 11.0. The fourth-order valence-corrected chi connectivity index (χ4v) is 2.68. The van der Waals surface area contributed by atoms with Gasteiger partial charge >= 0.3 is 0 Å². The summed E-state index contributed by atoms with van der Waals surface area (Å²) < 4.78 is 27.0. The molecule has 0 aliphatic carbocycles. The maximum atomic E-state index is 13.7. The van der Waals surface area contributed by atoms with Gasteiger partial charge < -0.3 is 9.47 Å². The van der Waals surface area contributed by atoms with Crippen molar-refractivity contribution < 1.29 is 13.9 Å². The highest BCUT2D eigenvalue weighted by atomic mass is 79.9. The molecular weight excluding hydrogens is 391 g/mol. The van der Waals surface area contributed by atoms with Gasteiger partial charge in [0.05, 0.1) is 17.8 Å². The molecule has 0 saturated carbocycles. The molecule has 0 amide bonds. The van der Waals surface area contributed by atoms with Gasteiger partial charge in [0.25, 0.3) is 0 Å². The van der Waals surface area contributed by atoms with Gasteiger partial charge in [0.1, 0.15) is 25.1 Å². The number of hydrogen-bond acceptors (Lipinski definition) is 5. The highest BCUT2D eigenvalue weighted by molar-refractivity contribution is 9.10. The maximum Gasteiger partial charge on any atom is 0.175 e. The monoisotopic (exact) mass is 404 g/mol. The number of nitrogens with zero attached hydrogens (tertiary/aromatic N) is 4. The smallest absolute Gasteiger partial charge is 0.175 e. The van der Waals surface area contributed by atoms with Crippen LogP contribution in [0.3, 0.4) is 0 Å². The molecule has 0 bridgehead atoms. The van der Waals surface area contributed by atoms with Crippen molar-refractivity contribution in [2.45, 2.75) is 6.61 Å². The average Bonchev–Trinajstić information content (AvgIpc) is 3.13. The van der Waals surface area contributed by atoms with Crippen LogP contribution >= 0.6 is 15.9 Å². The van der Waals surface area contributed by atoms with Crippen LogP contribution in [0.2, 0.25) is 0 Å². The minimum absolute atomic E-state index is 0.0930. The second kappa shape index (κ2) is 7.89. The van der Waals surface area contributed by atoms with Gasteiger partial charge in [-0.25, -0.2) is 9.07 Å². The summed E-state index contributed by atoms with van der Waals surface area (Å²) in [7, 11) is 1.54. The third-order valence-electron chi connectivity index (χ3n) is 3.33. The van der Waals surface area contributed by atoms with Gasteiger partial charge in [-0.1, -0.05) is 18.2 Å². The van der Waals surface area contributed by atoms with Crippen LogP contribution in [0.15, 0.2) is 58.6 Å². The fraction of sp³-hybridized carbons (Fsp3) is 0.118. The van der Waals surface area contributed by atoms with E-state index in [9.17, 15) is 4.39 Å². The van der Waals surface area contributed by atoms with Crippen LogP contribution in [0.1, 0.15) is 11.1 Å². The minimum atomic E-state index is -0.310. The summed E-state index contributed by atoms with van der Waals surface area (Å²) in [5, 5.41) is 11.5. The Hall–Kier alpha value is -2.74. The van der Waals surface area contributed by atoms with E-state index in [-0.39, 0.29) is 12.4 Å². The largest absolute Gasteiger partial charge is 0.493 e. The van der Waals surface area contributed by atoms with Crippen molar-refractivity contribution in [1.82, 2.24) is 14.9 Å². The molecule has 1 heterocycles. The summed E-state index contributed by atoms with van der Waals surface area (Å²) >= 11 is 3.46. The lowest BCUT2D eigenvalue weighted by atomic mass is 10.2. The summed E-state index contributed by atoms with van der Waals surface area (Å²) in [5.41, 5.74) is 1.25. The second-order valence-electron chi connectivity index (χ2n) is 5.00. The van der Waals surface area contributed by atoms with Crippen molar-refractivity contribution in [2.75, 3.05) is 7.11 Å². The van der Waals surface area contributed by atoms with Crippen molar-refractivity contribution in [3.63, 3.8) is 0 Å². The molecule has 3 rings (SSSR count). The zero-order chi connectivity index (χ0) is 17.6. The first-order valence-electron chi connectivity index (χ1n) is 7.30. The van der Waals surface area contributed by atoms with Gasteiger partial charge in [-0.3, -0.25) is 0 Å². The Morgan fingerprint density at radius 3 is 2.72 bits per heavy atom. The Labute approximate surface area is 152 Å². The lowest BCUT2D eigenvalue weighted by Gasteiger charge is -2.13. The molecule has 25 heavy (non-hydrogen) atoms. The molecule has 128 valence electrons. The van der Waals surface area contributed by atoms with E-state index in [0.29, 0.717) is 21.5 Å². The molecule has 0 fully saturated rings. The number of aromatic nitrogens is 3. The summed E-state index contributed by atoms with van der Waals surface area (Å²) in [6.45, 7) is 0.0930. The molecule has 0 unspecified atom stereocenters. The van der Waals surface area contributed by atoms with E-state index >= 15 is 0 Å². The van der Waals surface area contributed by atoms with Crippen LogP contribution in [-0.4, -0.2) is 28.2 Å². The summed E-state index contributed by atoms with van der Waals surface area (Å²) in [6, 6.07) is 10.1. The van der Waals surface area contributed by atoms with Crippen molar-refractivity contribution >= 4 is 22.1 Å². The second-order valence-corrected chi connectivity index (χ2v) is 5.85. The third kappa shape index (κ3) is 4.21. The minimum Gasteiger partial charge on any atom is -0.493 e. The number of rotatable bonds is 6. The maximum absolute atomic E-state index is 13.7. The Morgan fingerprint density at radius 1 is 1.24 bits per heavy atom. The molecule has 0 radical (unpaired) electrons. The van der Waals surface area contributed by atoms with Crippen LogP contribution in [-0.2, 0) is 6.61 Å². The quantitative estimate of drug-likeness (QED) is 0.588. The van der Waals surface area contributed by atoms with Crippen molar-refractivity contribution in [3.05, 3.63) is 70.5 Å². The van der Waals surface area contributed by atoms with E-state index in [4.69, 9.17) is 9.47 Å². The first-order chi connectivity index (χ1) is 12.2. The van der Waals surface area contributed by atoms with E-state index in [0.717, 1.165) is 5.56 Å². The first-order valence-corrected chi connectivity index (χ1v) is 8.09. The van der Waals surface area contributed by atoms with Gasteiger partial charge in [0.2, 0.25) is 0 Å². The van der Waals surface area contributed by atoms with E-state index < -0.39 is 0 Å². The third-order valence-corrected chi connectivity index (χ3v) is 3.92. The van der Waals surface area contributed by atoms with Gasteiger partial charge in [0.15, 0.2) is 11.5 Å². The number of ether oxygens (including phenoxy) is 2. The fourth-order valence-electron chi connectivity index (χ4n) is 2.11. The molecule has 0 saturated heterocycles. The Bertz CT molecular complexity index is 884. The van der Waals surface area contributed by atoms with E-state index in [1.165, 1.54) is 23.4 Å². The van der Waals surface area contributed by atoms with Gasteiger partial charge in [0, 0.05) is 5.56 Å². The van der Waals surface area contributed by atoms with E-state index in [1.807, 2.05) is 6.07 Å². The first kappa shape index (κ1) is 17.1. The Balaban J connectivity index is 1.81. The van der Waals surface area contributed by atoms with Crippen LogP contribution in [0.25, 0.3) is 0 Å². The zero-order valence-corrected chi connectivity index (χ0v) is 14.9. The molecule has 0 aliphatic rings. The molecule has 1 aromatic heterocycles. The standard InChI is InChI=1S/C17H14BrFN4O2/c1-24-16-7-12(8-22-23-10-20-21-11-23)6-14(18)17(16)25-9-13-4-2-3-5-15(13)19/h2-8,10-11H,9H2,1H3/b22-8-. The summed E-state index contributed by atoms with van der Waals surface area (Å²) in [5.74, 6) is 0.693. The number of methoxy groups -OCH3 is 1. The summed E-state index contributed by atoms with van der Waals surface area (Å²) in [4.78, 5) is 0. The van der Waals surface area contributed by atoms with Crippen LogP contribution in [0.5, 0.6) is 11.5 Å². The highest BCUT2D eigenvalue weighted by Gasteiger charge is 2.12. The zero-order valence-electron chi connectivity index (χ0n) is 13.3. The van der Waals surface area contributed by atoms with Gasteiger partial charge in [-0.2, -0.15) is 5.10 Å². The van der Waals surface area contributed by atoms with Crippen molar-refractivity contribution in [1.29, 1.82) is 0 Å². The molecule has 2 aromatic carbocycles. The van der Waals surface area contributed by atoms with Gasteiger partial charge in [-0.05, 0) is 39.7 Å². The predicted octanol–water partition coefficient (Wildman–Crippen LogP) is 3.65. The molecule has 3 aromatic rings. The molecule has 0 spiro atoms. The molecule has 0 N–H and O–H groups in total. The van der Waals surface area contributed by atoms with E-state index in [2.05, 4.69) is 31.2 Å². The van der Waals surface area contributed by atoms with Crippen molar-refractivity contribution in [2.24, 2.45) is 5.10 Å². The predicted molar refractivity (Wildman–Crippen MR) is 94.4 cm³/mol. The molecule has 0 atom stereocenters. The van der Waals surface area contributed by atoms with Crippen LogP contribution in [0, 0.1) is 5.82 Å². The number of halogens is 2. The number of hydrogen-bond donors (Lipinski definition) is 0. The molecular formula is C17H14BrFN4O2. The van der Waals surface area contributed by atoms with E-state index in [1.54, 1.807) is 37.6 Å². The molecule has 8 heteroatoms. The van der Waals surface area contributed by atoms with Gasteiger partial charge in [-0.15, -0.1) is 10.2 Å². The lowest BCUT2D eigenvalue weighted by molar-refractivity contribution is 0.278. The van der Waals surface area contributed by atoms with Crippen LogP contribution < -0.4 is 9.47 Å². The highest BCUT2D eigenvalue weighted by Crippen LogP contribution is 2.37. The van der Waals surface area contributed by atoms with Crippen molar-refractivity contribution in [3.8, 4) is 11.5 Å². The lowest BCUT2D eigenvalue weighted by Crippen LogP contribution is -2.01. The Morgan fingerprint density at radius 2 is 2.00 bits per heavy atom. The topological polar surface area (TPSA) is 61.5 Å². The molecule has 0 aliphatic heterocycles. The SMILES string of the molecule is COc1cc(/C=N\n2cnnc2)cc(Br)c1OCc1ccccc1F. The van der Waals surface area contributed by atoms with Crippen LogP contribution in [0.4, 0.5) is 4.39 Å². The Kier molecular flexibility index (Phi) is 5.39.